The van der Waals surface area contributed by atoms with Gasteiger partial charge < -0.3 is 9.67 Å². The molecule has 0 radical (unpaired) electrons. The first-order valence-corrected chi connectivity index (χ1v) is 6.79. The second kappa shape index (κ2) is 5.57. The molecule has 1 unspecified atom stereocenters. The van der Waals surface area contributed by atoms with Crippen LogP contribution in [0.5, 0.6) is 0 Å². The first-order valence-electron chi connectivity index (χ1n) is 6.79. The maximum atomic E-state index is 9.34. The van der Waals surface area contributed by atoms with Crippen LogP contribution in [-0.2, 0) is 13.2 Å². The highest BCUT2D eigenvalue weighted by Crippen LogP contribution is 2.22. The molecule has 18 heavy (non-hydrogen) atoms. The van der Waals surface area contributed by atoms with Crippen molar-refractivity contribution in [1.29, 1.82) is 0 Å². The molecule has 0 amide bonds. The van der Waals surface area contributed by atoms with E-state index in [2.05, 4.69) is 43.7 Å². The fraction of sp³-hybridized carbons (Fsp3) is 0.500. The van der Waals surface area contributed by atoms with Crippen LogP contribution in [0.2, 0.25) is 0 Å². The lowest BCUT2D eigenvalue weighted by atomic mass is 9.99. The molecule has 98 valence electrons. The third-order valence-corrected chi connectivity index (χ3v) is 3.46. The van der Waals surface area contributed by atoms with Crippen molar-refractivity contribution in [2.75, 3.05) is 0 Å². The number of hydrogen-bond acceptors (Lipinski definition) is 1. The van der Waals surface area contributed by atoms with Gasteiger partial charge in [0.15, 0.2) is 0 Å². The van der Waals surface area contributed by atoms with E-state index >= 15 is 0 Å². The van der Waals surface area contributed by atoms with Crippen LogP contribution in [-0.4, -0.2) is 9.67 Å². The van der Waals surface area contributed by atoms with Crippen molar-refractivity contribution in [3.8, 4) is 0 Å². The van der Waals surface area contributed by atoms with Crippen molar-refractivity contribution < 1.29 is 5.11 Å². The molecule has 0 fully saturated rings. The monoisotopic (exact) mass is 245 g/mol. The summed E-state index contributed by atoms with van der Waals surface area (Å²) in [4.78, 5) is 0. The summed E-state index contributed by atoms with van der Waals surface area (Å²) in [6.45, 7) is 8.02. The van der Waals surface area contributed by atoms with Crippen molar-refractivity contribution in [2.45, 2.75) is 40.3 Å². The van der Waals surface area contributed by atoms with Gasteiger partial charge in [0.2, 0.25) is 0 Å². The molecule has 0 aliphatic heterocycles. The molecule has 2 heteroatoms. The summed E-state index contributed by atoms with van der Waals surface area (Å²) in [7, 11) is 0. The van der Waals surface area contributed by atoms with Crippen molar-refractivity contribution in [3.05, 3.63) is 36.0 Å². The van der Waals surface area contributed by atoms with E-state index in [9.17, 15) is 5.11 Å². The molecule has 0 saturated carbocycles. The molecule has 1 N–H and O–H groups in total. The Labute approximate surface area is 109 Å². The van der Waals surface area contributed by atoms with E-state index in [-0.39, 0.29) is 6.61 Å². The summed E-state index contributed by atoms with van der Waals surface area (Å²) in [6.07, 6.45) is 3.39. The Balaban J connectivity index is 2.24. The average molecular weight is 245 g/mol. The van der Waals surface area contributed by atoms with Crippen molar-refractivity contribution in [3.63, 3.8) is 0 Å². The number of aliphatic hydroxyl groups excluding tert-OH is 1. The summed E-state index contributed by atoms with van der Waals surface area (Å²) in [5, 5.41) is 10.5. The van der Waals surface area contributed by atoms with E-state index < -0.39 is 0 Å². The molecule has 2 aromatic rings. The second-order valence-electron chi connectivity index (χ2n) is 5.71. The minimum absolute atomic E-state index is 0.114. The van der Waals surface area contributed by atoms with Crippen LogP contribution < -0.4 is 0 Å². The maximum Gasteiger partial charge on any atom is 0.0688 e. The van der Waals surface area contributed by atoms with Crippen LogP contribution in [0.3, 0.4) is 0 Å². The predicted octanol–water partition coefficient (Wildman–Crippen LogP) is 3.82. The van der Waals surface area contributed by atoms with Crippen LogP contribution in [0, 0.1) is 11.8 Å². The zero-order valence-corrected chi connectivity index (χ0v) is 11.6. The maximum absolute atomic E-state index is 9.34. The highest BCUT2D eigenvalue weighted by Gasteiger charge is 2.09. The minimum atomic E-state index is 0.114. The van der Waals surface area contributed by atoms with Crippen LogP contribution in [0.4, 0.5) is 0 Å². The largest absolute Gasteiger partial charge is 0.392 e. The number of fused-ring (bicyclic) bond motifs is 1. The number of nitrogens with zero attached hydrogens (tertiary/aromatic N) is 1. The van der Waals surface area contributed by atoms with Crippen LogP contribution in [0.25, 0.3) is 10.9 Å². The van der Waals surface area contributed by atoms with Crippen LogP contribution in [0.15, 0.2) is 30.5 Å². The fourth-order valence-corrected chi connectivity index (χ4v) is 2.80. The molecule has 0 bridgehead atoms. The highest BCUT2D eigenvalue weighted by atomic mass is 16.3. The fourth-order valence-electron chi connectivity index (χ4n) is 2.80. The number of aliphatic hydroxyl groups is 1. The van der Waals surface area contributed by atoms with Crippen molar-refractivity contribution in [1.82, 2.24) is 4.57 Å². The van der Waals surface area contributed by atoms with Gasteiger partial charge in [-0.05, 0) is 36.0 Å². The number of benzene rings is 1. The Morgan fingerprint density at radius 1 is 1.17 bits per heavy atom. The third-order valence-electron chi connectivity index (χ3n) is 3.46. The Kier molecular flexibility index (Phi) is 4.07. The minimum Gasteiger partial charge on any atom is -0.392 e. The lowest BCUT2D eigenvalue weighted by Gasteiger charge is -2.15. The predicted molar refractivity (Wildman–Crippen MR) is 76.5 cm³/mol. The molecule has 1 atom stereocenters. The van der Waals surface area contributed by atoms with E-state index in [1.165, 1.54) is 17.3 Å². The summed E-state index contributed by atoms with van der Waals surface area (Å²) in [6, 6.07) is 8.27. The molecule has 1 heterocycles. The molecule has 0 aliphatic rings. The number of hydrogen-bond donors (Lipinski definition) is 1. The molecule has 0 aliphatic carbocycles. The topological polar surface area (TPSA) is 25.2 Å². The van der Waals surface area contributed by atoms with Crippen molar-refractivity contribution in [2.24, 2.45) is 11.8 Å². The zero-order chi connectivity index (χ0) is 13.1. The Morgan fingerprint density at radius 2 is 1.94 bits per heavy atom. The Morgan fingerprint density at radius 3 is 2.61 bits per heavy atom. The lowest BCUT2D eigenvalue weighted by Crippen LogP contribution is -2.09. The normalized spacial score (nSPS) is 13.4. The molecular weight excluding hydrogens is 222 g/mol. The van der Waals surface area contributed by atoms with E-state index in [0.717, 1.165) is 18.0 Å². The Bertz CT molecular complexity index is 513. The second-order valence-corrected chi connectivity index (χ2v) is 5.71. The van der Waals surface area contributed by atoms with Gasteiger partial charge in [-0.2, -0.15) is 0 Å². The molecular formula is C16H23NO. The van der Waals surface area contributed by atoms with Gasteiger partial charge in [-0.25, -0.2) is 0 Å². The molecule has 1 aromatic carbocycles. The standard InChI is InChI=1S/C16H23NO/c1-12(2)9-13(3)10-17-8-7-15-14(11-18)5-4-6-16(15)17/h4-8,12-13,18H,9-11H2,1-3H3. The molecule has 0 saturated heterocycles. The van der Waals surface area contributed by atoms with E-state index in [4.69, 9.17) is 0 Å². The SMILES string of the molecule is CC(C)CC(C)Cn1ccc2c(CO)cccc21. The zero-order valence-electron chi connectivity index (χ0n) is 11.6. The summed E-state index contributed by atoms with van der Waals surface area (Å²) in [5.41, 5.74) is 2.25. The number of rotatable bonds is 5. The van der Waals surface area contributed by atoms with E-state index in [1.54, 1.807) is 0 Å². The lowest BCUT2D eigenvalue weighted by molar-refractivity contribution is 0.283. The average Bonchev–Trinajstić information content (AvgIpc) is 2.71. The molecule has 0 spiro atoms. The summed E-state index contributed by atoms with van der Waals surface area (Å²) >= 11 is 0. The smallest absolute Gasteiger partial charge is 0.0688 e. The van der Waals surface area contributed by atoms with Gasteiger partial charge in [0.25, 0.3) is 0 Å². The first-order chi connectivity index (χ1) is 8.61. The van der Waals surface area contributed by atoms with E-state index in [1.807, 2.05) is 12.1 Å². The molecule has 2 rings (SSSR count). The first kappa shape index (κ1) is 13.2. The van der Waals surface area contributed by atoms with Gasteiger partial charge in [0, 0.05) is 23.6 Å². The number of aromatic nitrogens is 1. The molecule has 2 nitrogen and oxygen atoms in total. The third kappa shape index (κ3) is 2.75. The quantitative estimate of drug-likeness (QED) is 0.851. The van der Waals surface area contributed by atoms with Gasteiger partial charge in [-0.15, -0.1) is 0 Å². The van der Waals surface area contributed by atoms with Gasteiger partial charge in [-0.3, -0.25) is 0 Å². The van der Waals surface area contributed by atoms with Crippen LogP contribution >= 0.6 is 0 Å². The summed E-state index contributed by atoms with van der Waals surface area (Å²) < 4.78 is 2.31. The highest BCUT2D eigenvalue weighted by molar-refractivity contribution is 5.83. The van der Waals surface area contributed by atoms with Gasteiger partial charge >= 0.3 is 0 Å². The van der Waals surface area contributed by atoms with Crippen molar-refractivity contribution >= 4 is 10.9 Å². The van der Waals surface area contributed by atoms with Crippen LogP contribution in [0.1, 0.15) is 32.8 Å². The van der Waals surface area contributed by atoms with Gasteiger partial charge in [0.05, 0.1) is 6.61 Å². The Hall–Kier alpha value is -1.28. The van der Waals surface area contributed by atoms with Gasteiger partial charge in [0.1, 0.15) is 0 Å². The van der Waals surface area contributed by atoms with E-state index in [0.29, 0.717) is 5.92 Å². The summed E-state index contributed by atoms with van der Waals surface area (Å²) in [5.74, 6) is 1.42. The molecule has 1 aromatic heterocycles. The van der Waals surface area contributed by atoms with Gasteiger partial charge in [-0.1, -0.05) is 32.9 Å².